The Morgan fingerprint density at radius 3 is 3.14 bits per heavy atom. The smallest absolute Gasteiger partial charge is 0.224 e. The van der Waals surface area contributed by atoms with E-state index in [0.29, 0.717) is 18.0 Å². The predicted octanol–water partition coefficient (Wildman–Crippen LogP) is 1.41. The molecule has 3 heterocycles. The van der Waals surface area contributed by atoms with E-state index in [-0.39, 0.29) is 5.95 Å². The molecule has 0 spiro atoms. The van der Waals surface area contributed by atoms with E-state index in [2.05, 4.69) is 30.4 Å². The van der Waals surface area contributed by atoms with Crippen molar-refractivity contribution in [2.45, 2.75) is 32.2 Å². The zero-order valence-corrected chi connectivity index (χ0v) is 11.4. The van der Waals surface area contributed by atoms with Crippen LogP contribution in [0.2, 0.25) is 0 Å². The highest BCUT2D eigenvalue weighted by Gasteiger charge is 2.19. The molecule has 0 atom stereocenters. The average molecular weight is 285 g/mol. The number of aryl methyl sites for hydroxylation is 1. The van der Waals surface area contributed by atoms with E-state index in [0.717, 1.165) is 29.8 Å². The number of nitrogens with one attached hydrogen (secondary N) is 2. The minimum absolute atomic E-state index is 0.194. The number of fused-ring (bicyclic) bond motifs is 2. The summed E-state index contributed by atoms with van der Waals surface area (Å²) in [7, 11) is 0. The van der Waals surface area contributed by atoms with Gasteiger partial charge in [-0.25, -0.2) is 4.98 Å². The van der Waals surface area contributed by atoms with Gasteiger partial charge in [-0.3, -0.25) is 0 Å². The predicted molar refractivity (Wildman–Crippen MR) is 76.6 cm³/mol. The zero-order chi connectivity index (χ0) is 14.2. The third kappa shape index (κ3) is 2.08. The second-order valence-corrected chi connectivity index (χ2v) is 5.12. The lowest BCUT2D eigenvalue weighted by Crippen LogP contribution is -2.08. The molecule has 8 nitrogen and oxygen atoms in total. The standard InChI is InChI=1S/C13H15N7O/c14-13-18-11(10-12(19-13)17-6-16-10)15-5-8-7-3-1-2-4-9(7)21-20-8/h6H,1-5H2,(H4,14,15,16,17,18,19). The van der Waals surface area contributed by atoms with Gasteiger partial charge in [-0.2, -0.15) is 9.97 Å². The fourth-order valence-corrected chi connectivity index (χ4v) is 2.73. The van der Waals surface area contributed by atoms with E-state index in [9.17, 15) is 0 Å². The first-order chi connectivity index (χ1) is 10.3. The molecule has 0 aliphatic heterocycles. The second kappa shape index (κ2) is 4.72. The number of nitrogen functional groups attached to an aromatic ring is 1. The maximum absolute atomic E-state index is 5.69. The summed E-state index contributed by atoms with van der Waals surface area (Å²) < 4.78 is 5.40. The number of nitrogens with two attached hydrogens (primary N) is 1. The third-order valence-corrected chi connectivity index (χ3v) is 3.76. The summed E-state index contributed by atoms with van der Waals surface area (Å²) in [5.74, 6) is 1.84. The van der Waals surface area contributed by atoms with Crippen LogP contribution in [0.4, 0.5) is 11.8 Å². The molecule has 8 heteroatoms. The number of hydrogen-bond acceptors (Lipinski definition) is 7. The molecule has 0 radical (unpaired) electrons. The molecule has 0 bridgehead atoms. The van der Waals surface area contributed by atoms with Gasteiger partial charge in [0.15, 0.2) is 11.5 Å². The lowest BCUT2D eigenvalue weighted by atomic mass is 9.96. The van der Waals surface area contributed by atoms with Crippen molar-refractivity contribution >= 4 is 22.9 Å². The summed E-state index contributed by atoms with van der Waals surface area (Å²) in [6, 6.07) is 0. The highest BCUT2D eigenvalue weighted by molar-refractivity contribution is 5.83. The molecule has 0 saturated heterocycles. The van der Waals surface area contributed by atoms with Crippen molar-refractivity contribution in [3.05, 3.63) is 23.3 Å². The Morgan fingerprint density at radius 2 is 2.19 bits per heavy atom. The van der Waals surface area contributed by atoms with Gasteiger partial charge >= 0.3 is 0 Å². The molecule has 3 aromatic rings. The molecule has 0 aromatic carbocycles. The minimum Gasteiger partial charge on any atom is -0.368 e. The van der Waals surface area contributed by atoms with Gasteiger partial charge in [0, 0.05) is 12.0 Å². The Bertz CT molecular complexity index is 791. The van der Waals surface area contributed by atoms with Crippen molar-refractivity contribution in [3.63, 3.8) is 0 Å². The average Bonchev–Trinajstić information content (AvgIpc) is 3.11. The van der Waals surface area contributed by atoms with Crippen molar-refractivity contribution in [2.75, 3.05) is 11.1 Å². The van der Waals surface area contributed by atoms with E-state index in [4.69, 9.17) is 10.3 Å². The molecule has 1 aliphatic carbocycles. The second-order valence-electron chi connectivity index (χ2n) is 5.12. The Morgan fingerprint density at radius 1 is 1.29 bits per heavy atom. The first kappa shape index (κ1) is 12.1. The van der Waals surface area contributed by atoms with Crippen molar-refractivity contribution in [1.29, 1.82) is 0 Å². The van der Waals surface area contributed by atoms with Gasteiger partial charge < -0.3 is 20.6 Å². The summed E-state index contributed by atoms with van der Waals surface area (Å²) in [4.78, 5) is 15.4. The lowest BCUT2D eigenvalue weighted by molar-refractivity contribution is 0.368. The van der Waals surface area contributed by atoms with Crippen LogP contribution in [0, 0.1) is 0 Å². The molecule has 4 rings (SSSR count). The summed E-state index contributed by atoms with van der Waals surface area (Å²) in [6.07, 6.45) is 5.94. The molecule has 0 unspecified atom stereocenters. The van der Waals surface area contributed by atoms with Gasteiger partial charge in [0.05, 0.1) is 12.9 Å². The van der Waals surface area contributed by atoms with Crippen LogP contribution in [0.3, 0.4) is 0 Å². The molecule has 21 heavy (non-hydrogen) atoms. The molecular formula is C13H15N7O. The van der Waals surface area contributed by atoms with Crippen molar-refractivity contribution < 1.29 is 4.52 Å². The number of imidazole rings is 1. The van der Waals surface area contributed by atoms with Gasteiger partial charge in [-0.1, -0.05) is 5.16 Å². The zero-order valence-electron chi connectivity index (χ0n) is 11.4. The summed E-state index contributed by atoms with van der Waals surface area (Å²) in [5.41, 5.74) is 9.15. The quantitative estimate of drug-likeness (QED) is 0.665. The van der Waals surface area contributed by atoms with Gasteiger partial charge in [-0.15, -0.1) is 0 Å². The fourth-order valence-electron chi connectivity index (χ4n) is 2.73. The number of aromatic amines is 1. The number of anilines is 2. The Hall–Kier alpha value is -2.64. The monoisotopic (exact) mass is 285 g/mol. The van der Waals surface area contributed by atoms with Gasteiger partial charge in [0.25, 0.3) is 0 Å². The molecular weight excluding hydrogens is 270 g/mol. The molecule has 4 N–H and O–H groups in total. The van der Waals surface area contributed by atoms with Crippen molar-refractivity contribution in [3.8, 4) is 0 Å². The Labute approximate surface area is 120 Å². The molecule has 0 fully saturated rings. The molecule has 0 saturated carbocycles. The van der Waals surface area contributed by atoms with Gasteiger partial charge in [-0.05, 0) is 19.3 Å². The highest BCUT2D eigenvalue weighted by atomic mass is 16.5. The fraction of sp³-hybridized carbons (Fsp3) is 0.385. The van der Waals surface area contributed by atoms with E-state index < -0.39 is 0 Å². The number of H-pyrrole nitrogens is 1. The summed E-state index contributed by atoms with van der Waals surface area (Å²) in [6.45, 7) is 0.545. The van der Waals surface area contributed by atoms with Crippen LogP contribution in [0.25, 0.3) is 11.2 Å². The Kier molecular flexibility index (Phi) is 2.73. The van der Waals surface area contributed by atoms with Crippen molar-refractivity contribution in [1.82, 2.24) is 25.1 Å². The summed E-state index contributed by atoms with van der Waals surface area (Å²) >= 11 is 0. The number of hydrogen-bond donors (Lipinski definition) is 3. The largest absolute Gasteiger partial charge is 0.368 e. The van der Waals surface area contributed by atoms with Gasteiger partial charge in [0.2, 0.25) is 5.95 Å². The van der Waals surface area contributed by atoms with Crippen LogP contribution in [-0.4, -0.2) is 25.1 Å². The third-order valence-electron chi connectivity index (χ3n) is 3.76. The van der Waals surface area contributed by atoms with Crippen LogP contribution in [0.5, 0.6) is 0 Å². The number of aromatic nitrogens is 5. The lowest BCUT2D eigenvalue weighted by Gasteiger charge is -2.10. The molecule has 1 aliphatic rings. The van der Waals surface area contributed by atoms with E-state index in [1.807, 2.05) is 0 Å². The number of rotatable bonds is 3. The molecule has 3 aromatic heterocycles. The van der Waals surface area contributed by atoms with Crippen LogP contribution in [-0.2, 0) is 19.4 Å². The topological polar surface area (TPSA) is 119 Å². The maximum Gasteiger partial charge on any atom is 0.224 e. The van der Waals surface area contributed by atoms with Crippen molar-refractivity contribution in [2.24, 2.45) is 0 Å². The summed E-state index contributed by atoms with van der Waals surface area (Å²) in [5, 5.41) is 7.41. The highest BCUT2D eigenvalue weighted by Crippen LogP contribution is 2.25. The van der Waals surface area contributed by atoms with Crippen LogP contribution in [0.15, 0.2) is 10.9 Å². The number of nitrogens with zero attached hydrogens (tertiary/aromatic N) is 4. The first-order valence-electron chi connectivity index (χ1n) is 6.98. The van der Waals surface area contributed by atoms with Gasteiger partial charge in [0.1, 0.15) is 17.0 Å². The minimum atomic E-state index is 0.194. The van der Waals surface area contributed by atoms with E-state index in [1.54, 1.807) is 6.33 Å². The van der Waals surface area contributed by atoms with Crippen LogP contribution >= 0.6 is 0 Å². The normalized spacial score (nSPS) is 14.3. The molecule has 0 amide bonds. The van der Waals surface area contributed by atoms with E-state index in [1.165, 1.54) is 18.4 Å². The van der Waals surface area contributed by atoms with E-state index >= 15 is 0 Å². The first-order valence-corrected chi connectivity index (χ1v) is 6.98. The van der Waals surface area contributed by atoms with Crippen LogP contribution < -0.4 is 11.1 Å². The molecule has 108 valence electrons. The SMILES string of the molecule is Nc1nc(NCc2noc3c2CCCC3)c2[nH]cnc2n1. The maximum atomic E-state index is 5.69. The Balaban J connectivity index is 1.61. The van der Waals surface area contributed by atoms with Crippen LogP contribution in [0.1, 0.15) is 29.9 Å².